The van der Waals surface area contributed by atoms with Gasteiger partial charge in [0.15, 0.2) is 0 Å². The van der Waals surface area contributed by atoms with Crippen molar-refractivity contribution in [1.82, 2.24) is 0 Å². The summed E-state index contributed by atoms with van der Waals surface area (Å²) in [5.74, 6) is -0.215. The Hall–Kier alpha value is -2.83. The number of phenolic OH excluding ortho intramolecular Hbond substituents is 2. The van der Waals surface area contributed by atoms with Crippen LogP contribution in [-0.2, 0) is 15.5 Å². The van der Waals surface area contributed by atoms with Crippen LogP contribution in [0.15, 0.2) is 59.5 Å². The van der Waals surface area contributed by atoms with Crippen LogP contribution in [-0.4, -0.2) is 23.2 Å². The van der Waals surface area contributed by atoms with Gasteiger partial charge in [0.05, 0.1) is 4.90 Å². The molecule has 3 aromatic carbocycles. The maximum atomic E-state index is 11.7. The van der Waals surface area contributed by atoms with Gasteiger partial charge in [-0.25, -0.2) is 0 Å². The van der Waals surface area contributed by atoms with Gasteiger partial charge in [0, 0.05) is 22.1 Å². The molecule has 0 aliphatic rings. The molecule has 0 bridgehead atoms. The Bertz CT molecular complexity index is 1180. The summed E-state index contributed by atoms with van der Waals surface area (Å²) in [5, 5.41) is 21.7. The molecule has 0 spiro atoms. The molecule has 3 aromatic rings. The predicted molar refractivity (Wildman–Crippen MR) is 113 cm³/mol. The number of aromatic hydroxyl groups is 2. The Morgan fingerprint density at radius 3 is 2.03 bits per heavy atom. The summed E-state index contributed by atoms with van der Waals surface area (Å²) < 4.78 is 33.0. The normalized spacial score (nSPS) is 12.2. The van der Waals surface area contributed by atoms with E-state index in [1.54, 1.807) is 6.92 Å². The summed E-state index contributed by atoms with van der Waals surface area (Å²) in [6.45, 7) is 7.23. The van der Waals surface area contributed by atoms with Crippen molar-refractivity contribution in [3.63, 3.8) is 0 Å². The van der Waals surface area contributed by atoms with Gasteiger partial charge < -0.3 is 10.2 Å². The van der Waals surface area contributed by atoms with Crippen LogP contribution >= 0.6 is 0 Å². The van der Waals surface area contributed by atoms with E-state index in [4.69, 9.17) is 0 Å². The van der Waals surface area contributed by atoms with Crippen LogP contribution in [0.3, 0.4) is 0 Å². The second-order valence-electron chi connectivity index (χ2n) is 7.70. The summed E-state index contributed by atoms with van der Waals surface area (Å²) >= 11 is 0. The molecule has 0 aliphatic heterocycles. The first-order valence-electron chi connectivity index (χ1n) is 9.15. The van der Waals surface area contributed by atoms with Crippen molar-refractivity contribution < 1.29 is 23.2 Å². The van der Waals surface area contributed by atoms with Crippen LogP contribution in [0, 0.1) is 13.8 Å². The molecule has 0 radical (unpaired) electrons. The molecule has 0 aliphatic carbocycles. The van der Waals surface area contributed by atoms with E-state index in [0.717, 1.165) is 11.6 Å². The highest BCUT2D eigenvalue weighted by molar-refractivity contribution is 7.85. The zero-order valence-electron chi connectivity index (χ0n) is 16.8. The molecule has 0 atom stereocenters. The van der Waals surface area contributed by atoms with E-state index in [0.29, 0.717) is 16.7 Å². The van der Waals surface area contributed by atoms with Crippen LogP contribution in [0.5, 0.6) is 11.5 Å². The van der Waals surface area contributed by atoms with Crippen LogP contribution in [0.1, 0.15) is 36.1 Å². The highest BCUT2D eigenvalue weighted by Gasteiger charge is 2.30. The minimum absolute atomic E-state index is 0.0373. The lowest BCUT2D eigenvalue weighted by molar-refractivity contribution is 0.451. The Labute approximate surface area is 171 Å². The minimum Gasteiger partial charge on any atom is -0.507 e. The average Bonchev–Trinajstić information content (AvgIpc) is 2.63. The third-order valence-electron chi connectivity index (χ3n) is 5.48. The first-order valence-corrected chi connectivity index (χ1v) is 10.6. The lowest BCUT2D eigenvalue weighted by Crippen LogP contribution is -2.19. The molecule has 0 unspecified atom stereocenters. The second kappa shape index (κ2) is 7.21. The van der Waals surface area contributed by atoms with Crippen LogP contribution in [0.4, 0.5) is 0 Å². The molecule has 3 N–H and O–H groups in total. The number of rotatable bonds is 4. The first kappa shape index (κ1) is 20.9. The maximum absolute atomic E-state index is 11.7. The summed E-state index contributed by atoms with van der Waals surface area (Å²) in [6.07, 6.45) is 0. The highest BCUT2D eigenvalue weighted by Crippen LogP contribution is 2.47. The quantitative estimate of drug-likeness (QED) is 0.527. The van der Waals surface area contributed by atoms with Crippen molar-refractivity contribution in [2.24, 2.45) is 0 Å². The highest BCUT2D eigenvalue weighted by atomic mass is 32.2. The number of phenols is 2. The Morgan fingerprint density at radius 1 is 0.828 bits per heavy atom. The van der Waals surface area contributed by atoms with Gasteiger partial charge in [-0.05, 0) is 42.7 Å². The van der Waals surface area contributed by atoms with Gasteiger partial charge in [-0.3, -0.25) is 4.55 Å². The molecule has 0 saturated heterocycles. The maximum Gasteiger partial charge on any atom is 0.294 e. The smallest absolute Gasteiger partial charge is 0.294 e. The van der Waals surface area contributed by atoms with Gasteiger partial charge in [-0.15, -0.1) is 0 Å². The van der Waals surface area contributed by atoms with E-state index >= 15 is 0 Å². The van der Waals surface area contributed by atoms with E-state index in [-0.39, 0.29) is 27.5 Å². The van der Waals surface area contributed by atoms with Crippen molar-refractivity contribution in [1.29, 1.82) is 0 Å². The summed E-state index contributed by atoms with van der Waals surface area (Å²) in [7, 11) is -4.48. The minimum atomic E-state index is -4.48. The van der Waals surface area contributed by atoms with Crippen LogP contribution in [0.25, 0.3) is 11.1 Å². The second-order valence-corrected chi connectivity index (χ2v) is 9.09. The van der Waals surface area contributed by atoms with Gasteiger partial charge in [0.2, 0.25) is 0 Å². The van der Waals surface area contributed by atoms with Crippen LogP contribution in [0.2, 0.25) is 0 Å². The van der Waals surface area contributed by atoms with E-state index in [2.05, 4.69) is 0 Å². The fourth-order valence-corrected chi connectivity index (χ4v) is 4.52. The van der Waals surface area contributed by atoms with Gasteiger partial charge in [0.25, 0.3) is 10.1 Å². The predicted octanol–water partition coefficient (Wildman–Crippen LogP) is 4.95. The Balaban J connectivity index is 2.33. The molecule has 29 heavy (non-hydrogen) atoms. The van der Waals surface area contributed by atoms with Gasteiger partial charge >= 0.3 is 0 Å². The van der Waals surface area contributed by atoms with Crippen LogP contribution < -0.4 is 0 Å². The van der Waals surface area contributed by atoms with Crippen molar-refractivity contribution in [3.05, 3.63) is 76.9 Å². The van der Waals surface area contributed by atoms with E-state index < -0.39 is 15.5 Å². The zero-order valence-corrected chi connectivity index (χ0v) is 17.6. The molecule has 0 fully saturated rings. The molecule has 0 aromatic heterocycles. The van der Waals surface area contributed by atoms with Gasteiger partial charge in [-0.2, -0.15) is 8.42 Å². The third kappa shape index (κ3) is 3.61. The first-order chi connectivity index (χ1) is 13.5. The SMILES string of the molecule is Cc1ccc(C(C)(C)c2ccccc2)c(O)c1-c1c(O)ccc(S(=O)(=O)O)c1C. The molecular weight excluding hydrogens is 388 g/mol. The van der Waals surface area contributed by atoms with E-state index in [9.17, 15) is 23.2 Å². The van der Waals surface area contributed by atoms with Crippen molar-refractivity contribution in [3.8, 4) is 22.6 Å². The summed E-state index contributed by atoms with van der Waals surface area (Å²) in [6, 6.07) is 15.7. The van der Waals surface area contributed by atoms with Crippen molar-refractivity contribution in [2.45, 2.75) is 38.0 Å². The molecule has 0 amide bonds. The molecule has 5 nitrogen and oxygen atoms in total. The molecule has 3 rings (SSSR count). The summed E-state index contributed by atoms with van der Waals surface area (Å²) in [5.41, 5.74) is 2.45. The molecule has 152 valence electrons. The fraction of sp³-hybridized carbons (Fsp3) is 0.217. The number of benzene rings is 3. The summed E-state index contributed by atoms with van der Waals surface area (Å²) in [4.78, 5) is -0.308. The topological polar surface area (TPSA) is 94.8 Å². The number of hydrogen-bond donors (Lipinski definition) is 3. The number of hydrogen-bond acceptors (Lipinski definition) is 4. The van der Waals surface area contributed by atoms with Gasteiger partial charge in [-0.1, -0.05) is 56.3 Å². The standard InChI is InChI=1S/C23H24O5S/c1-14-10-11-17(23(3,4)16-8-6-5-7-9-16)22(25)20(14)21-15(2)19(29(26,27)28)13-12-18(21)24/h5-13,24-25H,1-4H3,(H,26,27,28). The lowest BCUT2D eigenvalue weighted by Gasteiger charge is -2.29. The zero-order chi connectivity index (χ0) is 21.6. The van der Waals surface area contributed by atoms with Gasteiger partial charge in [0.1, 0.15) is 11.5 Å². The molecular formula is C23H24O5S. The largest absolute Gasteiger partial charge is 0.507 e. The monoisotopic (exact) mass is 412 g/mol. The van der Waals surface area contributed by atoms with Crippen molar-refractivity contribution in [2.75, 3.05) is 0 Å². The lowest BCUT2D eigenvalue weighted by atomic mass is 9.76. The average molecular weight is 413 g/mol. The molecule has 0 saturated carbocycles. The van der Waals surface area contributed by atoms with Crippen molar-refractivity contribution >= 4 is 10.1 Å². The van der Waals surface area contributed by atoms with E-state index in [1.807, 2.05) is 56.3 Å². The molecule has 6 heteroatoms. The third-order valence-corrected chi connectivity index (χ3v) is 6.47. The Kier molecular flexibility index (Phi) is 5.19. The fourth-order valence-electron chi connectivity index (χ4n) is 3.80. The Morgan fingerprint density at radius 2 is 1.45 bits per heavy atom. The number of aryl methyl sites for hydroxylation is 1. The van der Waals surface area contributed by atoms with E-state index in [1.165, 1.54) is 13.0 Å². The molecule has 0 heterocycles.